The van der Waals surface area contributed by atoms with E-state index in [9.17, 15) is 18.3 Å². The number of ether oxygens (including phenoxy) is 1. The predicted molar refractivity (Wildman–Crippen MR) is 74.2 cm³/mol. The number of carbonyl (C=O) groups is 1. The van der Waals surface area contributed by atoms with E-state index in [1.807, 2.05) is 0 Å². The first-order chi connectivity index (χ1) is 9.27. The van der Waals surface area contributed by atoms with Crippen LogP contribution in [0.5, 0.6) is 0 Å². The molecule has 1 rings (SSSR count). The van der Waals surface area contributed by atoms with Crippen LogP contribution in [0.2, 0.25) is 0 Å². The summed E-state index contributed by atoms with van der Waals surface area (Å²) in [6.07, 6.45) is -0.990. The first-order valence-electron chi connectivity index (χ1n) is 5.47. The summed E-state index contributed by atoms with van der Waals surface area (Å²) < 4.78 is 31.2. The second-order valence-corrected chi connectivity index (χ2v) is 6.50. The lowest BCUT2D eigenvalue weighted by Crippen LogP contribution is -2.34. The molecule has 1 aromatic rings. The molecule has 0 saturated heterocycles. The Morgan fingerprint density at radius 1 is 1.50 bits per heavy atom. The summed E-state index contributed by atoms with van der Waals surface area (Å²) in [5, 5.41) is 18.3. The minimum absolute atomic E-state index is 0.0150. The van der Waals surface area contributed by atoms with E-state index < -0.39 is 22.1 Å². The molecule has 0 aromatic heterocycles. The lowest BCUT2D eigenvalue weighted by Gasteiger charge is -2.12. The summed E-state index contributed by atoms with van der Waals surface area (Å²) in [4.78, 5) is 10.6. The number of sulfonamides is 1. The number of halogens is 1. The standard InChI is InChI=1S/C11H14BrNO6S/c1-19-6-8(14)5-13-20(17,18)10-4-7(11(15)16)2-3-9(10)12/h2-4,8,13-14H,5-6H2,1H3,(H,15,16). The van der Waals surface area contributed by atoms with E-state index in [-0.39, 0.29) is 28.1 Å². The third-order valence-corrected chi connectivity index (χ3v) is 4.75. The molecule has 0 bridgehead atoms. The number of rotatable bonds is 7. The fourth-order valence-corrected chi connectivity index (χ4v) is 3.44. The molecule has 20 heavy (non-hydrogen) atoms. The Balaban J connectivity index is 2.97. The van der Waals surface area contributed by atoms with Gasteiger partial charge in [0.25, 0.3) is 0 Å². The van der Waals surface area contributed by atoms with E-state index in [0.29, 0.717) is 0 Å². The Morgan fingerprint density at radius 3 is 2.70 bits per heavy atom. The van der Waals surface area contributed by atoms with Crippen molar-refractivity contribution >= 4 is 31.9 Å². The van der Waals surface area contributed by atoms with E-state index >= 15 is 0 Å². The lowest BCUT2D eigenvalue weighted by molar-refractivity contribution is 0.0678. The fraction of sp³-hybridized carbons (Fsp3) is 0.364. The molecular weight excluding hydrogens is 354 g/mol. The van der Waals surface area contributed by atoms with Crippen molar-refractivity contribution in [2.45, 2.75) is 11.0 Å². The number of carboxylic acid groups (broad SMARTS) is 1. The van der Waals surface area contributed by atoms with Gasteiger partial charge in [-0.05, 0) is 34.1 Å². The van der Waals surface area contributed by atoms with Gasteiger partial charge in [-0.25, -0.2) is 17.9 Å². The largest absolute Gasteiger partial charge is 0.478 e. The number of benzene rings is 1. The normalized spacial score (nSPS) is 13.2. The number of aromatic carboxylic acids is 1. The minimum Gasteiger partial charge on any atom is -0.478 e. The Hall–Kier alpha value is -1.00. The highest BCUT2D eigenvalue weighted by Crippen LogP contribution is 2.23. The van der Waals surface area contributed by atoms with Crippen LogP contribution in [0.1, 0.15) is 10.4 Å². The van der Waals surface area contributed by atoms with Gasteiger partial charge in [0, 0.05) is 18.1 Å². The maximum absolute atomic E-state index is 12.1. The van der Waals surface area contributed by atoms with Crippen LogP contribution >= 0.6 is 15.9 Å². The Kier molecular flexibility index (Phi) is 6.08. The third kappa shape index (κ3) is 4.53. The average Bonchev–Trinajstić information content (AvgIpc) is 2.37. The highest BCUT2D eigenvalue weighted by atomic mass is 79.9. The molecule has 0 aliphatic heterocycles. The molecular formula is C11H14BrNO6S. The van der Waals surface area contributed by atoms with Crippen molar-refractivity contribution in [3.05, 3.63) is 28.2 Å². The van der Waals surface area contributed by atoms with Crippen molar-refractivity contribution in [3.8, 4) is 0 Å². The van der Waals surface area contributed by atoms with E-state index in [1.54, 1.807) is 0 Å². The summed E-state index contributed by atoms with van der Waals surface area (Å²) in [5.74, 6) is -1.23. The Bertz CT molecular complexity index is 589. The lowest BCUT2D eigenvalue weighted by atomic mass is 10.2. The van der Waals surface area contributed by atoms with Gasteiger partial charge >= 0.3 is 5.97 Å². The fourth-order valence-electron chi connectivity index (χ4n) is 1.38. The van der Waals surface area contributed by atoms with Crippen molar-refractivity contribution in [3.63, 3.8) is 0 Å². The van der Waals surface area contributed by atoms with Crippen LogP contribution in [0.4, 0.5) is 0 Å². The molecule has 3 N–H and O–H groups in total. The number of nitrogens with one attached hydrogen (secondary N) is 1. The second kappa shape index (κ2) is 7.14. The van der Waals surface area contributed by atoms with Crippen molar-refractivity contribution in [2.75, 3.05) is 20.3 Å². The molecule has 0 heterocycles. The minimum atomic E-state index is -3.94. The van der Waals surface area contributed by atoms with Crippen molar-refractivity contribution in [1.82, 2.24) is 4.72 Å². The van der Waals surface area contributed by atoms with Crippen molar-refractivity contribution in [2.24, 2.45) is 0 Å². The molecule has 0 fully saturated rings. The summed E-state index contributed by atoms with van der Waals surface area (Å²) in [6, 6.07) is 3.66. The second-order valence-electron chi connectivity index (χ2n) is 3.91. The predicted octanol–water partition coefficient (Wildman–Crippen LogP) is 0.433. The highest BCUT2D eigenvalue weighted by Gasteiger charge is 2.20. The number of methoxy groups -OCH3 is 1. The zero-order valence-electron chi connectivity index (χ0n) is 10.5. The molecule has 0 spiro atoms. The van der Waals surface area contributed by atoms with Gasteiger partial charge in [-0.2, -0.15) is 0 Å². The van der Waals surface area contributed by atoms with Crippen LogP contribution in [0.3, 0.4) is 0 Å². The van der Waals surface area contributed by atoms with Gasteiger partial charge in [-0.15, -0.1) is 0 Å². The molecule has 0 amide bonds. The van der Waals surface area contributed by atoms with Gasteiger partial charge in [-0.3, -0.25) is 0 Å². The number of aliphatic hydroxyl groups is 1. The number of hydrogen-bond donors (Lipinski definition) is 3. The van der Waals surface area contributed by atoms with E-state index in [2.05, 4.69) is 25.4 Å². The van der Waals surface area contributed by atoms with Crippen molar-refractivity contribution in [1.29, 1.82) is 0 Å². The maximum Gasteiger partial charge on any atom is 0.335 e. The monoisotopic (exact) mass is 367 g/mol. The van der Waals surface area contributed by atoms with Crippen LogP contribution in [-0.4, -0.2) is 51.0 Å². The molecule has 1 unspecified atom stereocenters. The van der Waals surface area contributed by atoms with Gasteiger partial charge < -0.3 is 14.9 Å². The average molecular weight is 368 g/mol. The molecule has 0 saturated carbocycles. The molecule has 9 heteroatoms. The van der Waals surface area contributed by atoms with Gasteiger partial charge in [0.1, 0.15) is 0 Å². The molecule has 7 nitrogen and oxygen atoms in total. The van der Waals surface area contributed by atoms with Crippen LogP contribution in [-0.2, 0) is 14.8 Å². The number of carboxylic acids is 1. The molecule has 112 valence electrons. The Morgan fingerprint density at radius 2 is 2.15 bits per heavy atom. The van der Waals surface area contributed by atoms with E-state index in [4.69, 9.17) is 5.11 Å². The molecule has 0 aliphatic carbocycles. The molecule has 1 aromatic carbocycles. The highest BCUT2D eigenvalue weighted by molar-refractivity contribution is 9.10. The summed E-state index contributed by atoms with van der Waals surface area (Å²) in [5.41, 5.74) is -0.147. The van der Waals surface area contributed by atoms with Gasteiger partial charge in [0.05, 0.1) is 23.2 Å². The third-order valence-electron chi connectivity index (χ3n) is 2.34. The van der Waals surface area contributed by atoms with Crippen molar-refractivity contribution < 1.29 is 28.2 Å². The Labute approximate surface area is 124 Å². The van der Waals surface area contributed by atoms with Gasteiger partial charge in [-0.1, -0.05) is 0 Å². The van der Waals surface area contributed by atoms with E-state index in [1.165, 1.54) is 19.2 Å². The first-order valence-corrected chi connectivity index (χ1v) is 7.75. The summed E-state index contributed by atoms with van der Waals surface area (Å²) in [7, 11) is -2.56. The first kappa shape index (κ1) is 17.1. The van der Waals surface area contributed by atoms with Crippen LogP contribution in [0.25, 0.3) is 0 Å². The number of aliphatic hydroxyl groups excluding tert-OH is 1. The molecule has 0 aliphatic rings. The van der Waals surface area contributed by atoms with Crippen LogP contribution in [0.15, 0.2) is 27.6 Å². The molecule has 0 radical (unpaired) electrons. The smallest absolute Gasteiger partial charge is 0.335 e. The summed E-state index contributed by atoms with van der Waals surface area (Å²) in [6.45, 7) is -0.251. The maximum atomic E-state index is 12.1. The topological polar surface area (TPSA) is 113 Å². The van der Waals surface area contributed by atoms with Gasteiger partial charge in [0.2, 0.25) is 10.0 Å². The van der Waals surface area contributed by atoms with Crippen LogP contribution in [0, 0.1) is 0 Å². The van der Waals surface area contributed by atoms with Crippen LogP contribution < -0.4 is 4.72 Å². The quantitative estimate of drug-likeness (QED) is 0.644. The zero-order chi connectivity index (χ0) is 15.3. The SMILES string of the molecule is COCC(O)CNS(=O)(=O)c1cc(C(=O)O)ccc1Br. The van der Waals surface area contributed by atoms with E-state index in [0.717, 1.165) is 6.07 Å². The zero-order valence-corrected chi connectivity index (χ0v) is 12.9. The molecule has 1 atom stereocenters. The summed E-state index contributed by atoms with van der Waals surface area (Å²) >= 11 is 3.05. The number of hydrogen-bond acceptors (Lipinski definition) is 5. The van der Waals surface area contributed by atoms with Gasteiger partial charge in [0.15, 0.2) is 0 Å².